The average Bonchev–Trinajstić information content (AvgIpc) is 2.99. The van der Waals surface area contributed by atoms with E-state index >= 15 is 0 Å². The molecule has 0 radical (unpaired) electrons. The van der Waals surface area contributed by atoms with Crippen LogP contribution in [0.2, 0.25) is 0 Å². The number of hydrogen-bond donors (Lipinski definition) is 1. The Morgan fingerprint density at radius 1 is 1.17 bits per heavy atom. The quantitative estimate of drug-likeness (QED) is 0.919. The third kappa shape index (κ3) is 3.74. The summed E-state index contributed by atoms with van der Waals surface area (Å²) in [7, 11) is 0. The van der Waals surface area contributed by atoms with E-state index < -0.39 is 6.10 Å². The summed E-state index contributed by atoms with van der Waals surface area (Å²) in [6.07, 6.45) is 0.0151. The smallest absolute Gasteiger partial charge is 0.226 e. The van der Waals surface area contributed by atoms with Crippen molar-refractivity contribution in [1.29, 1.82) is 0 Å². The summed E-state index contributed by atoms with van der Waals surface area (Å²) in [6.45, 7) is 6.86. The third-order valence-electron chi connectivity index (χ3n) is 4.09. The van der Waals surface area contributed by atoms with Crippen molar-refractivity contribution in [3.63, 3.8) is 0 Å². The molecule has 1 N–H and O–H groups in total. The maximum Gasteiger partial charge on any atom is 0.226 e. The van der Waals surface area contributed by atoms with Crippen molar-refractivity contribution in [2.24, 2.45) is 5.92 Å². The van der Waals surface area contributed by atoms with Gasteiger partial charge in [-0.1, -0.05) is 44.2 Å². The monoisotopic (exact) mass is 316 g/mol. The molecular formula is C18H24N2O3. The second-order valence-electron chi connectivity index (χ2n) is 6.25. The van der Waals surface area contributed by atoms with E-state index in [1.165, 1.54) is 5.56 Å². The molecule has 5 heteroatoms. The van der Waals surface area contributed by atoms with Gasteiger partial charge in [-0.25, -0.2) is 4.98 Å². The van der Waals surface area contributed by atoms with Crippen LogP contribution in [0.15, 0.2) is 34.7 Å². The van der Waals surface area contributed by atoms with Gasteiger partial charge < -0.3 is 19.2 Å². The summed E-state index contributed by atoms with van der Waals surface area (Å²) in [5.41, 5.74) is 2.06. The zero-order valence-electron chi connectivity index (χ0n) is 13.7. The highest BCUT2D eigenvalue weighted by Gasteiger charge is 2.25. The molecule has 124 valence electrons. The zero-order chi connectivity index (χ0) is 16.2. The topological polar surface area (TPSA) is 58.7 Å². The van der Waals surface area contributed by atoms with Crippen LogP contribution in [-0.2, 0) is 11.2 Å². The molecule has 1 aromatic carbocycles. The van der Waals surface area contributed by atoms with Crippen LogP contribution in [0.5, 0.6) is 0 Å². The minimum absolute atomic E-state index is 0.0655. The second kappa shape index (κ2) is 7.15. The fraction of sp³-hybridized carbons (Fsp3) is 0.500. The first-order valence-corrected chi connectivity index (χ1v) is 8.19. The van der Waals surface area contributed by atoms with E-state index in [9.17, 15) is 5.11 Å². The number of morpholine rings is 1. The maximum absolute atomic E-state index is 10.3. The van der Waals surface area contributed by atoms with Crippen molar-refractivity contribution in [2.75, 3.05) is 31.2 Å². The normalized spacial score (nSPS) is 16.8. The molecule has 23 heavy (non-hydrogen) atoms. The van der Waals surface area contributed by atoms with Gasteiger partial charge in [-0.2, -0.15) is 0 Å². The summed E-state index contributed by atoms with van der Waals surface area (Å²) >= 11 is 0. The van der Waals surface area contributed by atoms with Crippen molar-refractivity contribution in [1.82, 2.24) is 4.98 Å². The minimum atomic E-state index is -0.681. The van der Waals surface area contributed by atoms with Gasteiger partial charge >= 0.3 is 0 Å². The molecule has 1 unspecified atom stereocenters. The Morgan fingerprint density at radius 2 is 1.87 bits per heavy atom. The highest BCUT2D eigenvalue weighted by atomic mass is 16.5. The lowest BCUT2D eigenvalue weighted by atomic mass is 10.1. The molecule has 1 fully saturated rings. The molecular weight excluding hydrogens is 292 g/mol. The number of benzene rings is 1. The lowest BCUT2D eigenvalue weighted by molar-refractivity contribution is 0.0954. The van der Waals surface area contributed by atoms with E-state index in [1.54, 1.807) is 0 Å². The van der Waals surface area contributed by atoms with Gasteiger partial charge in [0.05, 0.1) is 13.2 Å². The zero-order valence-corrected chi connectivity index (χ0v) is 13.7. The van der Waals surface area contributed by atoms with Crippen LogP contribution in [0.1, 0.15) is 37.1 Å². The maximum atomic E-state index is 10.3. The van der Waals surface area contributed by atoms with Gasteiger partial charge in [0.1, 0.15) is 11.8 Å². The Hall–Kier alpha value is -1.85. The molecule has 3 rings (SSSR count). The van der Waals surface area contributed by atoms with E-state index in [0.29, 0.717) is 25.5 Å². The van der Waals surface area contributed by atoms with Gasteiger partial charge in [-0.15, -0.1) is 0 Å². The number of aliphatic hydroxyl groups is 1. The predicted octanol–water partition coefficient (Wildman–Crippen LogP) is 2.79. The summed E-state index contributed by atoms with van der Waals surface area (Å²) in [4.78, 5) is 6.76. The molecule has 0 saturated carbocycles. The SMILES string of the molecule is CC(C)C(O)c1nc(Cc2ccccc2)c(N2CCOCC2)o1. The number of hydrogen-bond acceptors (Lipinski definition) is 5. The van der Waals surface area contributed by atoms with Crippen LogP contribution in [0, 0.1) is 5.92 Å². The molecule has 2 heterocycles. The fourth-order valence-corrected chi connectivity index (χ4v) is 2.69. The average molecular weight is 316 g/mol. The number of aromatic nitrogens is 1. The van der Waals surface area contributed by atoms with Crippen molar-refractivity contribution in [2.45, 2.75) is 26.4 Å². The number of aliphatic hydroxyl groups excluding tert-OH is 1. The van der Waals surface area contributed by atoms with Gasteiger partial charge in [0.15, 0.2) is 0 Å². The van der Waals surface area contributed by atoms with Crippen molar-refractivity contribution in [3.8, 4) is 0 Å². The largest absolute Gasteiger partial charge is 0.422 e. The van der Waals surface area contributed by atoms with Gasteiger partial charge in [-0.3, -0.25) is 0 Å². The Labute approximate surface area is 136 Å². The van der Waals surface area contributed by atoms with E-state index in [0.717, 1.165) is 24.7 Å². The predicted molar refractivity (Wildman–Crippen MR) is 88.6 cm³/mol. The van der Waals surface area contributed by atoms with Gasteiger partial charge in [0, 0.05) is 19.5 Å². The number of oxazole rings is 1. The second-order valence-corrected chi connectivity index (χ2v) is 6.25. The van der Waals surface area contributed by atoms with Crippen LogP contribution in [-0.4, -0.2) is 36.4 Å². The number of rotatable bonds is 5. The van der Waals surface area contributed by atoms with E-state index in [1.807, 2.05) is 32.0 Å². The summed E-state index contributed by atoms with van der Waals surface area (Å²) < 4.78 is 11.4. The third-order valence-corrected chi connectivity index (χ3v) is 4.09. The molecule has 1 aliphatic rings. The summed E-state index contributed by atoms with van der Waals surface area (Å²) in [6, 6.07) is 10.2. The number of anilines is 1. The lowest BCUT2D eigenvalue weighted by Crippen LogP contribution is -2.36. The minimum Gasteiger partial charge on any atom is -0.422 e. The van der Waals surface area contributed by atoms with Crippen LogP contribution in [0.4, 0.5) is 5.88 Å². The molecule has 1 atom stereocenters. The number of nitrogens with zero attached hydrogens (tertiary/aromatic N) is 2. The summed E-state index contributed by atoms with van der Waals surface area (Å²) in [5.74, 6) is 1.25. The number of ether oxygens (including phenoxy) is 1. The molecule has 2 aromatic rings. The van der Waals surface area contributed by atoms with Crippen LogP contribution in [0.3, 0.4) is 0 Å². The molecule has 0 bridgehead atoms. The first kappa shape index (κ1) is 16.0. The van der Waals surface area contributed by atoms with Gasteiger partial charge in [-0.05, 0) is 11.5 Å². The van der Waals surface area contributed by atoms with Crippen LogP contribution >= 0.6 is 0 Å². The highest BCUT2D eigenvalue weighted by molar-refractivity contribution is 5.44. The van der Waals surface area contributed by atoms with Crippen LogP contribution < -0.4 is 4.90 Å². The Kier molecular flexibility index (Phi) is 4.98. The molecule has 0 spiro atoms. The Bertz CT molecular complexity index is 618. The van der Waals surface area contributed by atoms with E-state index in [4.69, 9.17) is 9.15 Å². The molecule has 0 amide bonds. The van der Waals surface area contributed by atoms with E-state index in [2.05, 4.69) is 22.0 Å². The Balaban J connectivity index is 1.91. The summed E-state index contributed by atoms with van der Waals surface area (Å²) in [5, 5.41) is 10.3. The van der Waals surface area contributed by atoms with Crippen molar-refractivity contribution < 1.29 is 14.3 Å². The standard InChI is InChI=1S/C18H24N2O3/c1-13(2)16(21)17-19-15(12-14-6-4-3-5-7-14)18(23-17)20-8-10-22-11-9-20/h3-7,13,16,21H,8-12H2,1-2H3. The van der Waals surface area contributed by atoms with Gasteiger partial charge in [0.2, 0.25) is 11.8 Å². The molecule has 0 aliphatic carbocycles. The van der Waals surface area contributed by atoms with Gasteiger partial charge in [0.25, 0.3) is 0 Å². The first-order valence-electron chi connectivity index (χ1n) is 8.19. The van der Waals surface area contributed by atoms with Crippen LogP contribution in [0.25, 0.3) is 0 Å². The molecule has 1 saturated heterocycles. The fourth-order valence-electron chi connectivity index (χ4n) is 2.69. The molecule has 1 aliphatic heterocycles. The van der Waals surface area contributed by atoms with E-state index in [-0.39, 0.29) is 5.92 Å². The van der Waals surface area contributed by atoms with Crippen molar-refractivity contribution >= 4 is 5.88 Å². The first-order chi connectivity index (χ1) is 11.1. The molecule has 5 nitrogen and oxygen atoms in total. The van der Waals surface area contributed by atoms with Crippen molar-refractivity contribution in [3.05, 3.63) is 47.5 Å². The molecule has 1 aromatic heterocycles. The highest BCUT2D eigenvalue weighted by Crippen LogP contribution is 2.30. The lowest BCUT2D eigenvalue weighted by Gasteiger charge is -2.26. The Morgan fingerprint density at radius 3 is 2.52 bits per heavy atom.